The van der Waals surface area contributed by atoms with Crippen LogP contribution in [0.5, 0.6) is 0 Å². The van der Waals surface area contributed by atoms with Crippen LogP contribution in [0.3, 0.4) is 0 Å². The summed E-state index contributed by atoms with van der Waals surface area (Å²) in [6, 6.07) is 49.0. The predicted molar refractivity (Wildman–Crippen MR) is 196 cm³/mol. The predicted octanol–water partition coefficient (Wildman–Crippen LogP) is 10.9. The SMILES string of the molecule is C1=CC2=[N+](c3ccc4c(c3)c3ccccc3n4-c3ccccc3)c3ccccc3N3c4ccc5sc6ccccc6c5c4C(=C1)C23. The first-order valence-corrected chi connectivity index (χ1v) is 16.6. The van der Waals surface area contributed by atoms with Gasteiger partial charge < -0.3 is 9.47 Å². The Morgan fingerprint density at radius 3 is 2.33 bits per heavy atom. The van der Waals surface area contributed by atoms with Crippen LogP contribution in [0, 0.1) is 0 Å². The maximum absolute atomic E-state index is 2.58. The van der Waals surface area contributed by atoms with Crippen molar-refractivity contribution in [1.29, 1.82) is 0 Å². The molecule has 0 amide bonds. The van der Waals surface area contributed by atoms with Gasteiger partial charge in [0, 0.05) is 66.5 Å². The molecule has 0 radical (unpaired) electrons. The molecule has 0 bridgehead atoms. The molecule has 0 fully saturated rings. The molecular formula is C42H26N3S+. The Bertz CT molecular complexity index is 2700. The van der Waals surface area contributed by atoms with Gasteiger partial charge in [0.1, 0.15) is 11.7 Å². The van der Waals surface area contributed by atoms with Crippen LogP contribution in [0.2, 0.25) is 0 Å². The van der Waals surface area contributed by atoms with Crippen molar-refractivity contribution in [3.63, 3.8) is 0 Å². The molecule has 2 aliphatic heterocycles. The third kappa shape index (κ3) is 3.09. The molecule has 4 heterocycles. The fourth-order valence-corrected chi connectivity index (χ4v) is 9.34. The lowest BCUT2D eigenvalue weighted by Crippen LogP contribution is -2.43. The zero-order valence-corrected chi connectivity index (χ0v) is 25.6. The average molecular weight is 605 g/mol. The van der Waals surface area contributed by atoms with E-state index in [0.717, 1.165) is 0 Å². The summed E-state index contributed by atoms with van der Waals surface area (Å²) >= 11 is 1.89. The van der Waals surface area contributed by atoms with E-state index in [1.54, 1.807) is 0 Å². The average Bonchev–Trinajstić information content (AvgIpc) is 3.77. The molecule has 46 heavy (non-hydrogen) atoms. The summed E-state index contributed by atoms with van der Waals surface area (Å²) < 4.78 is 7.58. The summed E-state index contributed by atoms with van der Waals surface area (Å²) in [5, 5.41) is 5.25. The van der Waals surface area contributed by atoms with Crippen molar-refractivity contribution in [3.8, 4) is 5.69 Å². The molecule has 6 aromatic carbocycles. The number of allylic oxidation sites excluding steroid dienone is 2. The molecule has 0 saturated carbocycles. The lowest BCUT2D eigenvalue weighted by molar-refractivity contribution is 0.932. The summed E-state index contributed by atoms with van der Waals surface area (Å²) in [4.78, 5) is 2.58. The van der Waals surface area contributed by atoms with Gasteiger partial charge in [-0.3, -0.25) is 0 Å². The van der Waals surface area contributed by atoms with Gasteiger partial charge in [-0.25, -0.2) is 0 Å². The zero-order chi connectivity index (χ0) is 29.9. The van der Waals surface area contributed by atoms with E-state index in [0.29, 0.717) is 0 Å². The van der Waals surface area contributed by atoms with E-state index in [-0.39, 0.29) is 6.04 Å². The maximum Gasteiger partial charge on any atom is 0.235 e. The normalized spacial score (nSPS) is 16.4. The first-order chi connectivity index (χ1) is 22.8. The molecule has 2 aromatic heterocycles. The van der Waals surface area contributed by atoms with E-state index < -0.39 is 0 Å². The molecule has 11 rings (SSSR count). The first-order valence-electron chi connectivity index (χ1n) is 15.8. The maximum atomic E-state index is 2.58. The molecule has 214 valence electrons. The Balaban J connectivity index is 1.19. The smallest absolute Gasteiger partial charge is 0.235 e. The van der Waals surface area contributed by atoms with Gasteiger partial charge in [0.25, 0.3) is 0 Å². The summed E-state index contributed by atoms with van der Waals surface area (Å²) in [5.41, 5.74) is 12.6. The van der Waals surface area contributed by atoms with E-state index in [2.05, 4.69) is 166 Å². The van der Waals surface area contributed by atoms with Crippen LogP contribution in [0.1, 0.15) is 5.56 Å². The van der Waals surface area contributed by atoms with Crippen molar-refractivity contribution in [2.75, 3.05) is 4.90 Å². The third-order valence-corrected chi connectivity index (χ3v) is 11.2. The van der Waals surface area contributed by atoms with Gasteiger partial charge in [0.2, 0.25) is 17.1 Å². The number of hydrogen-bond acceptors (Lipinski definition) is 2. The second-order valence-electron chi connectivity index (χ2n) is 12.3. The number of rotatable bonds is 2. The number of para-hydroxylation sites is 4. The monoisotopic (exact) mass is 604 g/mol. The van der Waals surface area contributed by atoms with Gasteiger partial charge in [0.05, 0.1) is 16.7 Å². The summed E-state index contributed by atoms with van der Waals surface area (Å²) in [7, 11) is 0. The number of fused-ring (bicyclic) bond motifs is 12. The van der Waals surface area contributed by atoms with Crippen molar-refractivity contribution in [1.82, 2.24) is 9.14 Å². The fourth-order valence-electron chi connectivity index (χ4n) is 8.23. The third-order valence-electron chi connectivity index (χ3n) is 10.0. The number of nitrogens with zero attached hydrogens (tertiary/aromatic N) is 3. The van der Waals surface area contributed by atoms with Crippen molar-refractivity contribution < 1.29 is 0 Å². The highest BCUT2D eigenvalue weighted by Gasteiger charge is 2.49. The second-order valence-corrected chi connectivity index (χ2v) is 13.4. The highest BCUT2D eigenvalue weighted by Crippen LogP contribution is 2.55. The lowest BCUT2D eigenvalue weighted by atomic mass is 9.90. The Morgan fingerprint density at radius 1 is 0.609 bits per heavy atom. The first kappa shape index (κ1) is 24.6. The molecule has 0 N–H and O–H groups in total. The zero-order valence-electron chi connectivity index (χ0n) is 24.8. The minimum atomic E-state index is 0.0977. The van der Waals surface area contributed by atoms with E-state index in [1.807, 2.05) is 11.3 Å². The van der Waals surface area contributed by atoms with Crippen LogP contribution in [-0.2, 0) is 0 Å². The van der Waals surface area contributed by atoms with E-state index in [9.17, 15) is 0 Å². The van der Waals surface area contributed by atoms with Gasteiger partial charge in [-0.1, -0.05) is 78.9 Å². The quantitative estimate of drug-likeness (QED) is 0.179. The highest BCUT2D eigenvalue weighted by molar-refractivity contribution is 7.25. The molecule has 1 unspecified atom stereocenters. The van der Waals surface area contributed by atoms with Crippen LogP contribution >= 0.6 is 11.3 Å². The second kappa shape index (κ2) is 8.94. The van der Waals surface area contributed by atoms with E-state index in [1.165, 1.54) is 87.3 Å². The minimum absolute atomic E-state index is 0.0977. The molecule has 3 aliphatic rings. The van der Waals surface area contributed by atoms with E-state index in [4.69, 9.17) is 0 Å². The molecular weight excluding hydrogens is 579 g/mol. The summed E-state index contributed by atoms with van der Waals surface area (Å²) in [6.07, 6.45) is 6.92. The Kier molecular flexibility index (Phi) is 4.78. The minimum Gasteiger partial charge on any atom is -0.318 e. The lowest BCUT2D eigenvalue weighted by Gasteiger charge is -2.32. The van der Waals surface area contributed by atoms with Crippen LogP contribution < -0.4 is 9.48 Å². The molecule has 0 saturated heterocycles. The van der Waals surface area contributed by atoms with Gasteiger partial charge in [-0.05, 0) is 54.1 Å². The molecule has 1 atom stereocenters. The topological polar surface area (TPSA) is 11.2 Å². The molecule has 8 aromatic rings. The Morgan fingerprint density at radius 2 is 1.39 bits per heavy atom. The number of anilines is 2. The van der Waals surface area contributed by atoms with Crippen LogP contribution in [0.25, 0.3) is 53.2 Å². The van der Waals surface area contributed by atoms with Crippen LogP contribution in [0.15, 0.2) is 152 Å². The Hall–Kier alpha value is -5.71. The number of hydrogen-bond donors (Lipinski definition) is 0. The van der Waals surface area contributed by atoms with Gasteiger partial charge in [0.15, 0.2) is 0 Å². The van der Waals surface area contributed by atoms with Gasteiger partial charge in [-0.15, -0.1) is 11.3 Å². The van der Waals surface area contributed by atoms with Crippen molar-refractivity contribution >= 4 is 87.3 Å². The van der Waals surface area contributed by atoms with Crippen LogP contribution in [0.4, 0.5) is 22.7 Å². The molecule has 3 nitrogen and oxygen atoms in total. The van der Waals surface area contributed by atoms with E-state index >= 15 is 0 Å². The highest BCUT2D eigenvalue weighted by atomic mass is 32.1. The molecule has 4 heteroatoms. The Labute approximate surface area is 269 Å². The van der Waals surface area contributed by atoms with Gasteiger partial charge >= 0.3 is 0 Å². The standard InChI is InChI=1S/C42H26N3S/c1-2-11-26(12-3-1)43-32-16-6-4-13-28(32)31-25-27(21-22-33(31)43)44-34-17-7-8-18-35(34)45-36-23-24-39-41(29-14-5-9-20-38(29)46-39)40(36)30-15-10-19-37(44)42(30)45/h1-25,42H/q+1. The van der Waals surface area contributed by atoms with Crippen molar-refractivity contribution in [3.05, 3.63) is 157 Å². The number of aromatic nitrogens is 1. The summed E-state index contributed by atoms with van der Waals surface area (Å²) in [5.74, 6) is 0. The van der Waals surface area contributed by atoms with Crippen LogP contribution in [-0.4, -0.2) is 16.3 Å². The largest absolute Gasteiger partial charge is 0.318 e. The molecule has 0 spiro atoms. The summed E-state index contributed by atoms with van der Waals surface area (Å²) in [6.45, 7) is 0. The van der Waals surface area contributed by atoms with Crippen molar-refractivity contribution in [2.24, 2.45) is 0 Å². The fraction of sp³-hybridized carbons (Fsp3) is 0.0238. The van der Waals surface area contributed by atoms with Crippen molar-refractivity contribution in [2.45, 2.75) is 6.04 Å². The number of thiophene rings is 1. The number of benzene rings is 6. The van der Waals surface area contributed by atoms with Gasteiger partial charge in [-0.2, -0.15) is 4.58 Å². The molecule has 1 aliphatic carbocycles.